The van der Waals surface area contributed by atoms with Crippen LogP contribution in [0.3, 0.4) is 0 Å². The molecule has 2 rings (SSSR count). The zero-order chi connectivity index (χ0) is 15.9. The Morgan fingerprint density at radius 2 is 2.14 bits per heavy atom. The number of nitrogens with one attached hydrogen (secondary N) is 2. The summed E-state index contributed by atoms with van der Waals surface area (Å²) in [5, 5.41) is 7.35. The van der Waals surface area contributed by atoms with Crippen LogP contribution in [-0.2, 0) is 0 Å². The Morgan fingerprint density at radius 1 is 1.32 bits per heavy atom. The predicted molar refractivity (Wildman–Crippen MR) is 99.6 cm³/mol. The molecule has 3 nitrogen and oxygen atoms in total. The lowest BCUT2D eigenvalue weighted by molar-refractivity contribution is 0.159. The third-order valence-electron chi connectivity index (χ3n) is 4.70. The van der Waals surface area contributed by atoms with Gasteiger partial charge in [0.15, 0.2) is 5.11 Å². The molecular formula is C18H29N3S. The predicted octanol–water partition coefficient (Wildman–Crippen LogP) is 3.85. The van der Waals surface area contributed by atoms with E-state index in [2.05, 4.69) is 54.5 Å². The SMILES string of the molecule is Cc1cccc(NC(=S)NCCCN2CCCC[C@@H]2C)c1C. The molecule has 1 atom stereocenters. The number of thiocarbonyl (C=S) groups is 1. The van der Waals surface area contributed by atoms with E-state index >= 15 is 0 Å². The third kappa shape index (κ3) is 4.96. The van der Waals surface area contributed by atoms with E-state index in [9.17, 15) is 0 Å². The molecule has 1 aliphatic rings. The van der Waals surface area contributed by atoms with Gasteiger partial charge in [0.2, 0.25) is 0 Å². The molecule has 2 N–H and O–H groups in total. The van der Waals surface area contributed by atoms with Crippen molar-refractivity contribution in [3.63, 3.8) is 0 Å². The van der Waals surface area contributed by atoms with E-state index in [-0.39, 0.29) is 0 Å². The lowest BCUT2D eigenvalue weighted by atomic mass is 10.0. The minimum Gasteiger partial charge on any atom is -0.362 e. The van der Waals surface area contributed by atoms with Gasteiger partial charge in [0.1, 0.15) is 0 Å². The van der Waals surface area contributed by atoms with Gasteiger partial charge in [-0.05, 0) is 76.0 Å². The summed E-state index contributed by atoms with van der Waals surface area (Å²) in [5.74, 6) is 0. The van der Waals surface area contributed by atoms with Crippen molar-refractivity contribution in [2.75, 3.05) is 25.0 Å². The van der Waals surface area contributed by atoms with Crippen LogP contribution in [0.4, 0.5) is 5.69 Å². The van der Waals surface area contributed by atoms with Gasteiger partial charge in [-0.15, -0.1) is 0 Å². The molecule has 0 spiro atoms. The Morgan fingerprint density at radius 3 is 2.91 bits per heavy atom. The first kappa shape index (κ1) is 17.2. The van der Waals surface area contributed by atoms with Crippen molar-refractivity contribution < 1.29 is 0 Å². The maximum atomic E-state index is 5.40. The second-order valence-electron chi connectivity index (χ2n) is 6.36. The van der Waals surface area contributed by atoms with Gasteiger partial charge in [-0.2, -0.15) is 0 Å². The van der Waals surface area contributed by atoms with Gasteiger partial charge in [0.25, 0.3) is 0 Å². The molecule has 1 fully saturated rings. The van der Waals surface area contributed by atoms with Crippen molar-refractivity contribution in [2.24, 2.45) is 0 Å². The topological polar surface area (TPSA) is 27.3 Å². The van der Waals surface area contributed by atoms with Crippen molar-refractivity contribution in [3.05, 3.63) is 29.3 Å². The summed E-state index contributed by atoms with van der Waals surface area (Å²) in [4.78, 5) is 2.60. The fraction of sp³-hybridized carbons (Fsp3) is 0.611. The smallest absolute Gasteiger partial charge is 0.170 e. The molecule has 122 valence electrons. The molecule has 1 aliphatic heterocycles. The highest BCUT2D eigenvalue weighted by molar-refractivity contribution is 7.80. The van der Waals surface area contributed by atoms with Gasteiger partial charge in [0, 0.05) is 24.8 Å². The first-order valence-electron chi connectivity index (χ1n) is 8.43. The largest absolute Gasteiger partial charge is 0.362 e. The second kappa shape index (κ2) is 8.49. The first-order chi connectivity index (χ1) is 10.6. The summed E-state index contributed by atoms with van der Waals surface area (Å²) < 4.78 is 0. The molecule has 1 heterocycles. The summed E-state index contributed by atoms with van der Waals surface area (Å²) in [5.41, 5.74) is 3.64. The number of piperidine rings is 1. The third-order valence-corrected chi connectivity index (χ3v) is 4.95. The van der Waals surface area contributed by atoms with Crippen LogP contribution in [0.2, 0.25) is 0 Å². The first-order valence-corrected chi connectivity index (χ1v) is 8.84. The lowest BCUT2D eigenvalue weighted by Gasteiger charge is -2.33. The average molecular weight is 320 g/mol. The Labute approximate surface area is 140 Å². The maximum absolute atomic E-state index is 5.40. The Hall–Kier alpha value is -1.13. The monoisotopic (exact) mass is 319 g/mol. The van der Waals surface area contributed by atoms with E-state index in [4.69, 9.17) is 12.2 Å². The molecule has 1 saturated heterocycles. The van der Waals surface area contributed by atoms with E-state index in [1.54, 1.807) is 0 Å². The quantitative estimate of drug-likeness (QED) is 0.637. The van der Waals surface area contributed by atoms with Crippen LogP contribution in [0, 0.1) is 13.8 Å². The number of benzene rings is 1. The molecule has 1 aromatic carbocycles. The molecule has 0 saturated carbocycles. The van der Waals surface area contributed by atoms with E-state index in [1.807, 2.05) is 0 Å². The Balaban J connectivity index is 1.68. The molecule has 4 heteroatoms. The molecule has 0 radical (unpaired) electrons. The number of nitrogens with zero attached hydrogens (tertiary/aromatic N) is 1. The van der Waals surface area contributed by atoms with Gasteiger partial charge < -0.3 is 15.5 Å². The molecule has 0 amide bonds. The van der Waals surface area contributed by atoms with Crippen molar-refractivity contribution in [3.8, 4) is 0 Å². The van der Waals surface area contributed by atoms with Crippen molar-refractivity contribution >= 4 is 23.0 Å². The molecule has 0 bridgehead atoms. The molecule has 0 aliphatic carbocycles. The van der Waals surface area contributed by atoms with Crippen LogP contribution >= 0.6 is 12.2 Å². The summed E-state index contributed by atoms with van der Waals surface area (Å²) >= 11 is 5.40. The van der Waals surface area contributed by atoms with Gasteiger partial charge >= 0.3 is 0 Å². The molecule has 1 aromatic rings. The highest BCUT2D eigenvalue weighted by Gasteiger charge is 2.17. The summed E-state index contributed by atoms with van der Waals surface area (Å²) in [6.45, 7) is 9.95. The number of aryl methyl sites for hydroxylation is 1. The van der Waals surface area contributed by atoms with Gasteiger partial charge in [-0.25, -0.2) is 0 Å². The number of likely N-dealkylation sites (tertiary alicyclic amines) is 1. The van der Waals surface area contributed by atoms with Gasteiger partial charge in [-0.1, -0.05) is 18.6 Å². The van der Waals surface area contributed by atoms with Gasteiger partial charge in [0.05, 0.1) is 0 Å². The number of hydrogen-bond donors (Lipinski definition) is 2. The van der Waals surface area contributed by atoms with Crippen LogP contribution < -0.4 is 10.6 Å². The molecular weight excluding hydrogens is 290 g/mol. The van der Waals surface area contributed by atoms with Crippen molar-refractivity contribution in [1.29, 1.82) is 0 Å². The minimum atomic E-state index is 0.723. The Bertz CT molecular complexity index is 501. The fourth-order valence-electron chi connectivity index (χ4n) is 3.03. The summed E-state index contributed by atoms with van der Waals surface area (Å²) in [6.07, 6.45) is 5.23. The fourth-order valence-corrected chi connectivity index (χ4v) is 3.24. The van der Waals surface area contributed by atoms with Crippen LogP contribution in [-0.4, -0.2) is 35.7 Å². The van der Waals surface area contributed by atoms with Crippen molar-refractivity contribution in [2.45, 2.75) is 52.5 Å². The molecule has 0 aromatic heterocycles. The Kier molecular flexibility index (Phi) is 6.65. The number of hydrogen-bond acceptors (Lipinski definition) is 2. The van der Waals surface area contributed by atoms with Crippen LogP contribution in [0.25, 0.3) is 0 Å². The van der Waals surface area contributed by atoms with Crippen LogP contribution in [0.15, 0.2) is 18.2 Å². The number of anilines is 1. The molecule has 22 heavy (non-hydrogen) atoms. The summed E-state index contributed by atoms with van der Waals surface area (Å²) in [6, 6.07) is 7.00. The second-order valence-corrected chi connectivity index (χ2v) is 6.77. The van der Waals surface area contributed by atoms with Crippen LogP contribution in [0.5, 0.6) is 0 Å². The minimum absolute atomic E-state index is 0.723. The standard InChI is InChI=1S/C18H29N3S/c1-14-8-6-10-17(16(14)3)20-18(22)19-11-7-13-21-12-5-4-9-15(21)2/h6,8,10,15H,4-5,7,9,11-13H2,1-3H3,(H2,19,20,22)/t15-/m0/s1. The maximum Gasteiger partial charge on any atom is 0.170 e. The summed E-state index contributed by atoms with van der Waals surface area (Å²) in [7, 11) is 0. The van der Waals surface area contributed by atoms with E-state index in [0.717, 1.165) is 29.8 Å². The highest BCUT2D eigenvalue weighted by Crippen LogP contribution is 2.18. The van der Waals surface area contributed by atoms with E-state index in [1.165, 1.54) is 43.5 Å². The van der Waals surface area contributed by atoms with Gasteiger partial charge in [-0.3, -0.25) is 0 Å². The van der Waals surface area contributed by atoms with Crippen LogP contribution in [0.1, 0.15) is 43.7 Å². The van der Waals surface area contributed by atoms with E-state index < -0.39 is 0 Å². The zero-order valence-electron chi connectivity index (χ0n) is 14.1. The van der Waals surface area contributed by atoms with E-state index in [0.29, 0.717) is 0 Å². The average Bonchev–Trinajstić information content (AvgIpc) is 2.50. The normalized spacial score (nSPS) is 19.0. The zero-order valence-corrected chi connectivity index (χ0v) is 14.9. The molecule has 0 unspecified atom stereocenters. The lowest BCUT2D eigenvalue weighted by Crippen LogP contribution is -2.39. The highest BCUT2D eigenvalue weighted by atomic mass is 32.1. The van der Waals surface area contributed by atoms with Crippen molar-refractivity contribution in [1.82, 2.24) is 10.2 Å². The number of rotatable bonds is 5.